The average molecular weight is 202 g/mol. The lowest BCUT2D eigenvalue weighted by Crippen LogP contribution is -2.18. The molecule has 0 unspecified atom stereocenters. The van der Waals surface area contributed by atoms with Crippen LogP contribution in [0.5, 0.6) is 0 Å². The summed E-state index contributed by atoms with van der Waals surface area (Å²) in [6.07, 6.45) is 3.08. The van der Waals surface area contributed by atoms with E-state index in [-0.39, 0.29) is 0 Å². The second kappa shape index (κ2) is 4.29. The second-order valence-corrected chi connectivity index (χ2v) is 3.67. The maximum atomic E-state index is 4.17. The summed E-state index contributed by atoms with van der Waals surface area (Å²) in [5, 5.41) is 15.6. The van der Waals surface area contributed by atoms with Gasteiger partial charge in [-0.15, -0.1) is 10.2 Å². The molecule has 0 amide bonds. The molecule has 0 fully saturated rings. The van der Waals surface area contributed by atoms with E-state index in [1.807, 2.05) is 30.3 Å². The Labute approximate surface area is 89.1 Å². The van der Waals surface area contributed by atoms with E-state index in [0.717, 1.165) is 24.8 Å². The lowest BCUT2D eigenvalue weighted by molar-refractivity contribution is 0.409. The van der Waals surface area contributed by atoms with Crippen LogP contribution in [0.3, 0.4) is 0 Å². The molecule has 1 aliphatic heterocycles. The van der Waals surface area contributed by atoms with Crippen molar-refractivity contribution >= 4 is 0 Å². The number of benzene rings is 1. The molecular formula is C11H14N4. The quantitative estimate of drug-likeness (QED) is 0.711. The van der Waals surface area contributed by atoms with E-state index >= 15 is 0 Å². The summed E-state index contributed by atoms with van der Waals surface area (Å²) in [6, 6.07) is 10.0. The van der Waals surface area contributed by atoms with E-state index in [1.165, 1.54) is 0 Å². The van der Waals surface area contributed by atoms with Crippen molar-refractivity contribution in [3.8, 4) is 0 Å². The van der Waals surface area contributed by atoms with Gasteiger partial charge in [-0.2, -0.15) is 0 Å². The van der Waals surface area contributed by atoms with Crippen LogP contribution in [0.4, 0.5) is 0 Å². The minimum Gasteiger partial charge on any atom is -0.130 e. The fourth-order valence-electron chi connectivity index (χ4n) is 1.70. The molecule has 78 valence electrons. The Bertz CT molecular complexity index is 357. The molecule has 1 aliphatic rings. The average Bonchev–Trinajstić information content (AvgIpc) is 2.78. The van der Waals surface area contributed by atoms with Crippen LogP contribution in [-0.4, -0.2) is 0 Å². The van der Waals surface area contributed by atoms with Gasteiger partial charge in [0.25, 0.3) is 0 Å². The second-order valence-electron chi connectivity index (χ2n) is 3.67. The van der Waals surface area contributed by atoms with E-state index in [2.05, 4.69) is 27.6 Å². The van der Waals surface area contributed by atoms with E-state index in [4.69, 9.17) is 0 Å². The van der Waals surface area contributed by atoms with Crippen LogP contribution < -0.4 is 0 Å². The Morgan fingerprint density at radius 1 is 1.07 bits per heavy atom. The Hall–Kier alpha value is -1.58. The van der Waals surface area contributed by atoms with Crippen LogP contribution in [0.25, 0.3) is 0 Å². The van der Waals surface area contributed by atoms with Crippen LogP contribution in [0.15, 0.2) is 51.0 Å². The molecule has 4 nitrogen and oxygen atoms in total. The lowest BCUT2D eigenvalue weighted by atomic mass is 9.95. The van der Waals surface area contributed by atoms with Gasteiger partial charge in [0.15, 0.2) is 0 Å². The van der Waals surface area contributed by atoms with Crippen molar-refractivity contribution in [1.29, 1.82) is 0 Å². The Balaban J connectivity index is 2.28. The van der Waals surface area contributed by atoms with E-state index in [0.29, 0.717) is 0 Å². The molecule has 0 bridgehead atoms. The molecule has 0 N–H and O–H groups in total. The number of rotatable bonds is 4. The normalized spacial score (nSPS) is 17.1. The van der Waals surface area contributed by atoms with Crippen molar-refractivity contribution in [2.45, 2.75) is 31.8 Å². The van der Waals surface area contributed by atoms with Crippen LogP contribution in [0, 0.1) is 0 Å². The van der Waals surface area contributed by atoms with Crippen LogP contribution in [0.1, 0.15) is 31.7 Å². The number of unbranched alkanes of at least 4 members (excludes halogenated alkanes) is 1. The summed E-state index contributed by atoms with van der Waals surface area (Å²) >= 11 is 0. The highest BCUT2D eigenvalue weighted by molar-refractivity contribution is 5.24. The van der Waals surface area contributed by atoms with Crippen molar-refractivity contribution in [3.63, 3.8) is 0 Å². The zero-order chi connectivity index (χ0) is 10.6. The van der Waals surface area contributed by atoms with E-state index in [9.17, 15) is 0 Å². The maximum Gasteiger partial charge on any atom is 0.220 e. The molecule has 0 saturated heterocycles. The number of hydrogen-bond donors (Lipinski definition) is 0. The summed E-state index contributed by atoms with van der Waals surface area (Å²) in [4.78, 5) is 0. The first-order chi connectivity index (χ1) is 7.37. The third-order valence-electron chi connectivity index (χ3n) is 2.58. The summed E-state index contributed by atoms with van der Waals surface area (Å²) in [5.41, 5.74) is 0.528. The van der Waals surface area contributed by atoms with Crippen molar-refractivity contribution in [2.24, 2.45) is 20.7 Å². The standard InChI is InChI=1S/C11H14N4/c1-2-3-9-11(12-14-15-13-11)10-7-5-4-6-8-10/h4-8H,2-3,9H2,1H3. The first-order valence-corrected chi connectivity index (χ1v) is 5.27. The van der Waals surface area contributed by atoms with Crippen LogP contribution in [0.2, 0.25) is 0 Å². The molecule has 0 spiro atoms. The molecule has 0 aliphatic carbocycles. The highest BCUT2D eigenvalue weighted by atomic mass is 15.6. The van der Waals surface area contributed by atoms with Gasteiger partial charge >= 0.3 is 0 Å². The topological polar surface area (TPSA) is 49.4 Å². The van der Waals surface area contributed by atoms with Crippen molar-refractivity contribution in [2.75, 3.05) is 0 Å². The third kappa shape index (κ3) is 1.93. The molecule has 15 heavy (non-hydrogen) atoms. The summed E-state index contributed by atoms with van der Waals surface area (Å²) in [7, 11) is 0. The predicted molar refractivity (Wildman–Crippen MR) is 57.4 cm³/mol. The van der Waals surface area contributed by atoms with Gasteiger partial charge < -0.3 is 0 Å². The number of nitrogens with zero attached hydrogens (tertiary/aromatic N) is 4. The first-order valence-electron chi connectivity index (χ1n) is 5.27. The molecule has 1 aromatic rings. The zero-order valence-corrected chi connectivity index (χ0v) is 8.80. The smallest absolute Gasteiger partial charge is 0.130 e. The van der Waals surface area contributed by atoms with Gasteiger partial charge in [0.1, 0.15) is 0 Å². The zero-order valence-electron chi connectivity index (χ0n) is 8.80. The van der Waals surface area contributed by atoms with Crippen LogP contribution >= 0.6 is 0 Å². The molecule has 0 saturated carbocycles. The molecule has 1 aromatic carbocycles. The summed E-state index contributed by atoms with van der Waals surface area (Å²) < 4.78 is 0. The molecule has 0 aromatic heterocycles. The Kier molecular flexibility index (Phi) is 2.85. The maximum absolute atomic E-state index is 4.17. The van der Waals surface area contributed by atoms with Gasteiger partial charge in [-0.05, 0) is 16.9 Å². The highest BCUT2D eigenvalue weighted by Crippen LogP contribution is 2.36. The van der Waals surface area contributed by atoms with Crippen molar-refractivity contribution in [1.82, 2.24) is 0 Å². The summed E-state index contributed by atoms with van der Waals surface area (Å²) in [5.74, 6) is 0. The van der Waals surface area contributed by atoms with Gasteiger partial charge in [0.2, 0.25) is 5.66 Å². The predicted octanol–water partition coefficient (Wildman–Crippen LogP) is 3.86. The third-order valence-corrected chi connectivity index (χ3v) is 2.58. The van der Waals surface area contributed by atoms with Gasteiger partial charge in [-0.25, -0.2) is 0 Å². The molecule has 2 rings (SSSR count). The van der Waals surface area contributed by atoms with Gasteiger partial charge in [-0.1, -0.05) is 43.7 Å². The minimum absolute atomic E-state index is 0.544. The van der Waals surface area contributed by atoms with Crippen molar-refractivity contribution < 1.29 is 0 Å². The van der Waals surface area contributed by atoms with Gasteiger partial charge in [0, 0.05) is 12.0 Å². The fourth-order valence-corrected chi connectivity index (χ4v) is 1.70. The Morgan fingerprint density at radius 2 is 1.73 bits per heavy atom. The highest BCUT2D eigenvalue weighted by Gasteiger charge is 2.34. The summed E-state index contributed by atoms with van der Waals surface area (Å²) in [6.45, 7) is 2.15. The van der Waals surface area contributed by atoms with Gasteiger partial charge in [0.05, 0.1) is 0 Å². The minimum atomic E-state index is -0.544. The largest absolute Gasteiger partial charge is 0.220 e. The molecule has 4 heteroatoms. The molecule has 0 radical (unpaired) electrons. The molecular weight excluding hydrogens is 188 g/mol. The molecule has 0 atom stereocenters. The molecule has 1 heterocycles. The fraction of sp³-hybridized carbons (Fsp3) is 0.455. The first kappa shape index (κ1) is 9.96. The number of hydrogen-bond acceptors (Lipinski definition) is 4. The van der Waals surface area contributed by atoms with Crippen LogP contribution in [-0.2, 0) is 5.66 Å². The van der Waals surface area contributed by atoms with E-state index in [1.54, 1.807) is 0 Å². The Morgan fingerprint density at radius 3 is 2.33 bits per heavy atom. The monoisotopic (exact) mass is 202 g/mol. The van der Waals surface area contributed by atoms with Gasteiger partial charge in [-0.3, -0.25) is 0 Å². The van der Waals surface area contributed by atoms with Crippen molar-refractivity contribution in [3.05, 3.63) is 35.9 Å². The lowest BCUT2D eigenvalue weighted by Gasteiger charge is -2.19. The van der Waals surface area contributed by atoms with E-state index < -0.39 is 5.66 Å². The SMILES string of the molecule is CCCCC1(c2ccccc2)N=NN=N1.